The molecule has 0 saturated heterocycles. The number of benzene rings is 2. The van der Waals surface area contributed by atoms with Crippen molar-refractivity contribution < 1.29 is 19.0 Å². The van der Waals surface area contributed by atoms with E-state index in [9.17, 15) is 4.79 Å². The van der Waals surface area contributed by atoms with E-state index in [-0.39, 0.29) is 11.9 Å². The van der Waals surface area contributed by atoms with E-state index in [0.717, 1.165) is 66.0 Å². The first-order valence-corrected chi connectivity index (χ1v) is 13.1. The second-order valence-corrected chi connectivity index (χ2v) is 9.04. The number of fused-ring (bicyclic) bond motifs is 1. The van der Waals surface area contributed by atoms with Crippen LogP contribution in [0.5, 0.6) is 17.2 Å². The fourth-order valence-corrected chi connectivity index (χ4v) is 4.68. The standard InChI is InChI=1S/C29H37N3O4/c1-5-8-10-17-32-28(21-13-16-23(36-18-9-6-2)24(19-21)35-7-3)25-26(30-31-27(25)29(32)33)20-11-14-22(34-4)15-12-20/h11-16,19,28H,5-10,17-18H2,1-4H3,(H,30,31). The number of nitrogens with zero attached hydrogens (tertiary/aromatic N) is 2. The van der Waals surface area contributed by atoms with Gasteiger partial charge in [-0.3, -0.25) is 9.89 Å². The zero-order valence-electron chi connectivity index (χ0n) is 21.8. The highest BCUT2D eigenvalue weighted by Gasteiger charge is 2.42. The monoisotopic (exact) mass is 491 g/mol. The summed E-state index contributed by atoms with van der Waals surface area (Å²) in [6.45, 7) is 8.14. The molecule has 1 atom stereocenters. The number of carbonyl (C=O) groups excluding carboxylic acids is 1. The first-order valence-electron chi connectivity index (χ1n) is 13.1. The number of hydrogen-bond donors (Lipinski definition) is 1. The van der Waals surface area contributed by atoms with Crippen LogP contribution in [0, 0.1) is 0 Å². The van der Waals surface area contributed by atoms with E-state index in [1.165, 1.54) is 0 Å². The fourth-order valence-electron chi connectivity index (χ4n) is 4.68. The third kappa shape index (κ3) is 5.20. The van der Waals surface area contributed by atoms with E-state index >= 15 is 0 Å². The summed E-state index contributed by atoms with van der Waals surface area (Å²) in [5, 5.41) is 7.62. The number of amides is 1. The van der Waals surface area contributed by atoms with Crippen LogP contribution in [0.4, 0.5) is 0 Å². The van der Waals surface area contributed by atoms with Crippen molar-refractivity contribution in [3.8, 4) is 28.5 Å². The van der Waals surface area contributed by atoms with Crippen molar-refractivity contribution in [2.45, 2.75) is 58.9 Å². The molecule has 3 aromatic rings. The van der Waals surface area contributed by atoms with E-state index in [4.69, 9.17) is 14.2 Å². The number of aromatic nitrogens is 2. The van der Waals surface area contributed by atoms with Gasteiger partial charge in [0.25, 0.3) is 5.91 Å². The maximum Gasteiger partial charge on any atom is 0.273 e. The van der Waals surface area contributed by atoms with Gasteiger partial charge in [0.15, 0.2) is 11.5 Å². The van der Waals surface area contributed by atoms with Gasteiger partial charge in [-0.05, 0) is 61.7 Å². The van der Waals surface area contributed by atoms with Crippen LogP contribution in [-0.2, 0) is 0 Å². The molecule has 192 valence electrons. The van der Waals surface area contributed by atoms with Gasteiger partial charge in [-0.1, -0.05) is 39.2 Å². The third-order valence-electron chi connectivity index (χ3n) is 6.57. The largest absolute Gasteiger partial charge is 0.497 e. The summed E-state index contributed by atoms with van der Waals surface area (Å²) in [5.41, 5.74) is 4.17. The number of unbranched alkanes of at least 4 members (excludes halogenated alkanes) is 3. The lowest BCUT2D eigenvalue weighted by Crippen LogP contribution is -2.30. The summed E-state index contributed by atoms with van der Waals surface area (Å²) < 4.78 is 17.3. The molecule has 7 heteroatoms. The zero-order chi connectivity index (χ0) is 25.5. The number of nitrogens with one attached hydrogen (secondary N) is 1. The Labute approximate surface area is 213 Å². The van der Waals surface area contributed by atoms with Crippen molar-refractivity contribution in [1.29, 1.82) is 0 Å². The molecule has 7 nitrogen and oxygen atoms in total. The van der Waals surface area contributed by atoms with Crippen molar-refractivity contribution in [2.24, 2.45) is 0 Å². The Morgan fingerprint density at radius 1 is 0.944 bits per heavy atom. The van der Waals surface area contributed by atoms with Gasteiger partial charge in [0.05, 0.1) is 32.1 Å². The normalized spacial score (nSPS) is 14.7. The van der Waals surface area contributed by atoms with Gasteiger partial charge in [0, 0.05) is 17.7 Å². The van der Waals surface area contributed by atoms with Crippen LogP contribution in [0.2, 0.25) is 0 Å². The Hall–Kier alpha value is -3.48. The van der Waals surface area contributed by atoms with Crippen molar-refractivity contribution >= 4 is 5.91 Å². The summed E-state index contributed by atoms with van der Waals surface area (Å²) in [6.07, 6.45) is 5.16. The molecule has 2 aromatic carbocycles. The SMILES string of the molecule is CCCCCN1C(=O)c2[nH]nc(-c3ccc(OC)cc3)c2C1c1ccc(OCCCC)c(OCC)c1. The molecule has 1 amide bonds. The Bertz CT molecular complexity index is 1160. The van der Waals surface area contributed by atoms with Gasteiger partial charge in [0.1, 0.15) is 11.4 Å². The van der Waals surface area contributed by atoms with E-state index in [0.29, 0.717) is 31.2 Å². The minimum absolute atomic E-state index is 0.0143. The number of rotatable bonds is 13. The molecule has 0 radical (unpaired) electrons. The summed E-state index contributed by atoms with van der Waals surface area (Å²) in [6, 6.07) is 13.6. The summed E-state index contributed by atoms with van der Waals surface area (Å²) in [4.78, 5) is 15.5. The van der Waals surface area contributed by atoms with Gasteiger partial charge in [-0.25, -0.2) is 0 Å². The quantitative estimate of drug-likeness (QED) is 0.280. The maximum atomic E-state index is 13.6. The second kappa shape index (κ2) is 12.0. The molecule has 1 aliphatic rings. The Morgan fingerprint density at radius 3 is 2.42 bits per heavy atom. The van der Waals surface area contributed by atoms with Crippen LogP contribution >= 0.6 is 0 Å². The van der Waals surface area contributed by atoms with Gasteiger partial charge in [-0.2, -0.15) is 5.10 Å². The van der Waals surface area contributed by atoms with Crippen LogP contribution in [0.3, 0.4) is 0 Å². The minimum atomic E-state index is -0.260. The predicted molar refractivity (Wildman–Crippen MR) is 141 cm³/mol. The van der Waals surface area contributed by atoms with Crippen LogP contribution in [0.1, 0.15) is 80.5 Å². The molecule has 1 aromatic heterocycles. The lowest BCUT2D eigenvalue weighted by molar-refractivity contribution is 0.0740. The van der Waals surface area contributed by atoms with E-state index in [2.05, 4.69) is 30.1 Å². The van der Waals surface area contributed by atoms with Gasteiger partial charge in [0.2, 0.25) is 0 Å². The number of ether oxygens (including phenoxy) is 3. The van der Waals surface area contributed by atoms with Crippen molar-refractivity contribution in [3.63, 3.8) is 0 Å². The molecule has 1 aliphatic heterocycles. The number of hydrogen-bond acceptors (Lipinski definition) is 5. The van der Waals surface area contributed by atoms with Crippen molar-refractivity contribution in [3.05, 3.63) is 59.3 Å². The maximum absolute atomic E-state index is 13.6. The molecule has 0 aliphatic carbocycles. The molecule has 0 spiro atoms. The van der Waals surface area contributed by atoms with Crippen LogP contribution in [0.15, 0.2) is 42.5 Å². The third-order valence-corrected chi connectivity index (χ3v) is 6.57. The molecule has 0 bridgehead atoms. The predicted octanol–water partition coefficient (Wildman–Crippen LogP) is 6.40. The summed E-state index contributed by atoms with van der Waals surface area (Å²) >= 11 is 0. The van der Waals surface area contributed by atoms with Gasteiger partial charge >= 0.3 is 0 Å². The Morgan fingerprint density at radius 2 is 1.72 bits per heavy atom. The minimum Gasteiger partial charge on any atom is -0.497 e. The molecule has 0 saturated carbocycles. The van der Waals surface area contributed by atoms with E-state index < -0.39 is 0 Å². The smallest absolute Gasteiger partial charge is 0.273 e. The first-order chi connectivity index (χ1) is 17.6. The van der Waals surface area contributed by atoms with Crippen LogP contribution < -0.4 is 14.2 Å². The highest BCUT2D eigenvalue weighted by atomic mass is 16.5. The molecule has 1 unspecified atom stereocenters. The number of methoxy groups -OCH3 is 1. The van der Waals surface area contributed by atoms with Gasteiger partial charge in [-0.15, -0.1) is 0 Å². The molecule has 2 heterocycles. The van der Waals surface area contributed by atoms with Gasteiger partial charge < -0.3 is 19.1 Å². The van der Waals surface area contributed by atoms with Crippen molar-refractivity contribution in [2.75, 3.05) is 26.9 Å². The highest BCUT2D eigenvalue weighted by Crippen LogP contribution is 2.45. The Kier molecular flexibility index (Phi) is 8.52. The molecule has 4 rings (SSSR count). The first kappa shape index (κ1) is 25.6. The zero-order valence-corrected chi connectivity index (χ0v) is 21.8. The van der Waals surface area contributed by atoms with E-state index in [1.54, 1.807) is 7.11 Å². The Balaban J connectivity index is 1.77. The lowest BCUT2D eigenvalue weighted by Gasteiger charge is -2.27. The average molecular weight is 492 g/mol. The molecule has 0 fully saturated rings. The van der Waals surface area contributed by atoms with Crippen LogP contribution in [-0.4, -0.2) is 47.9 Å². The summed E-state index contributed by atoms with van der Waals surface area (Å²) in [5.74, 6) is 2.20. The van der Waals surface area contributed by atoms with Crippen molar-refractivity contribution in [1.82, 2.24) is 15.1 Å². The average Bonchev–Trinajstić information content (AvgIpc) is 3.44. The molecular formula is C29H37N3O4. The topological polar surface area (TPSA) is 76.7 Å². The van der Waals surface area contributed by atoms with E-state index in [1.807, 2.05) is 48.2 Å². The molecular weight excluding hydrogens is 454 g/mol. The highest BCUT2D eigenvalue weighted by molar-refractivity contribution is 6.00. The second-order valence-electron chi connectivity index (χ2n) is 9.04. The number of aromatic amines is 1. The molecule has 1 N–H and O–H groups in total. The summed E-state index contributed by atoms with van der Waals surface area (Å²) in [7, 11) is 1.65. The number of carbonyl (C=O) groups is 1. The number of H-pyrrole nitrogens is 1. The lowest BCUT2D eigenvalue weighted by atomic mass is 9.95. The fraction of sp³-hybridized carbons (Fsp3) is 0.448. The molecule has 36 heavy (non-hydrogen) atoms. The van der Waals surface area contributed by atoms with Crippen LogP contribution in [0.25, 0.3) is 11.3 Å².